The van der Waals surface area contributed by atoms with E-state index in [0.717, 1.165) is 5.56 Å². The molecule has 0 amide bonds. The number of aromatic hydroxyl groups is 1. The maximum atomic E-state index is 9.24. The topological polar surface area (TPSA) is 46.2 Å². The van der Waals surface area contributed by atoms with Crippen molar-refractivity contribution in [2.45, 2.75) is 0 Å². The summed E-state index contributed by atoms with van der Waals surface area (Å²) in [5.74, 6) is -0.0896. The zero-order chi connectivity index (χ0) is 9.84. The van der Waals surface area contributed by atoms with E-state index in [2.05, 4.69) is 0 Å². The maximum absolute atomic E-state index is 9.24. The highest BCUT2D eigenvalue weighted by atomic mass is 35.5. The lowest BCUT2D eigenvalue weighted by Gasteiger charge is -2.01. The molecule has 0 saturated carbocycles. The maximum Gasteiger partial charge on any atom is 0.152 e. The summed E-state index contributed by atoms with van der Waals surface area (Å²) in [6, 6.07) is 3.24. The summed E-state index contributed by atoms with van der Waals surface area (Å²) in [7, 11) is 0. The largest absolute Gasteiger partial charge is 0.505 e. The number of phenols is 1. The van der Waals surface area contributed by atoms with Gasteiger partial charge in [-0.3, -0.25) is 0 Å². The lowest BCUT2D eigenvalue weighted by Crippen LogP contribution is -1.91. The smallest absolute Gasteiger partial charge is 0.152 e. The first kappa shape index (κ1) is 10.4. The molecular weight excluding hydrogens is 209 g/mol. The molecule has 0 spiro atoms. The van der Waals surface area contributed by atoms with Crippen LogP contribution in [0.15, 0.2) is 18.2 Å². The van der Waals surface area contributed by atoms with Crippen LogP contribution in [0.1, 0.15) is 5.56 Å². The van der Waals surface area contributed by atoms with Crippen molar-refractivity contribution in [2.24, 2.45) is 5.73 Å². The molecule has 13 heavy (non-hydrogen) atoms. The van der Waals surface area contributed by atoms with Crippen LogP contribution in [0, 0.1) is 0 Å². The Balaban J connectivity index is 3.06. The molecule has 0 aliphatic rings. The van der Waals surface area contributed by atoms with Crippen molar-refractivity contribution in [2.75, 3.05) is 6.54 Å². The lowest BCUT2D eigenvalue weighted by atomic mass is 10.2. The van der Waals surface area contributed by atoms with Crippen LogP contribution in [-0.4, -0.2) is 11.7 Å². The van der Waals surface area contributed by atoms with Gasteiger partial charge in [0.2, 0.25) is 0 Å². The second-order valence-electron chi connectivity index (χ2n) is 2.47. The van der Waals surface area contributed by atoms with Gasteiger partial charge in [0.05, 0.1) is 10.0 Å². The Morgan fingerprint density at radius 3 is 2.31 bits per heavy atom. The molecule has 1 rings (SSSR count). The van der Waals surface area contributed by atoms with E-state index in [1.807, 2.05) is 0 Å². The molecule has 1 aromatic carbocycles. The molecule has 1 aromatic rings. The van der Waals surface area contributed by atoms with Gasteiger partial charge in [0, 0.05) is 6.54 Å². The van der Waals surface area contributed by atoms with E-state index in [0.29, 0.717) is 6.54 Å². The minimum Gasteiger partial charge on any atom is -0.505 e. The van der Waals surface area contributed by atoms with Crippen LogP contribution in [-0.2, 0) is 0 Å². The van der Waals surface area contributed by atoms with E-state index in [9.17, 15) is 5.11 Å². The standard InChI is InChI=1S/C9H9Cl2NO/c10-7-4-6(2-1-3-12)5-8(11)9(7)13/h1-2,4-5,13H,3,12H2. The zero-order valence-electron chi connectivity index (χ0n) is 6.80. The molecular formula is C9H9Cl2NO. The molecule has 2 nitrogen and oxygen atoms in total. The van der Waals surface area contributed by atoms with Gasteiger partial charge in [-0.15, -0.1) is 0 Å². The second-order valence-corrected chi connectivity index (χ2v) is 3.29. The number of nitrogens with two attached hydrogens (primary N) is 1. The van der Waals surface area contributed by atoms with Gasteiger partial charge in [-0.05, 0) is 17.7 Å². The van der Waals surface area contributed by atoms with Crippen molar-refractivity contribution in [1.82, 2.24) is 0 Å². The number of rotatable bonds is 2. The third kappa shape index (κ3) is 2.62. The number of benzene rings is 1. The van der Waals surface area contributed by atoms with Gasteiger partial charge in [-0.2, -0.15) is 0 Å². The van der Waals surface area contributed by atoms with Crippen LogP contribution in [0.4, 0.5) is 0 Å². The fourth-order valence-corrected chi connectivity index (χ4v) is 1.39. The summed E-state index contributed by atoms with van der Waals surface area (Å²) in [4.78, 5) is 0. The van der Waals surface area contributed by atoms with Crippen LogP contribution in [0.5, 0.6) is 5.75 Å². The molecule has 3 N–H and O–H groups in total. The molecule has 0 saturated heterocycles. The summed E-state index contributed by atoms with van der Waals surface area (Å²) in [6.45, 7) is 0.454. The van der Waals surface area contributed by atoms with Gasteiger partial charge in [-0.25, -0.2) is 0 Å². The normalized spacial score (nSPS) is 11.0. The van der Waals surface area contributed by atoms with Gasteiger partial charge in [0.1, 0.15) is 0 Å². The SMILES string of the molecule is NCC=Cc1cc(Cl)c(O)c(Cl)c1. The first-order valence-electron chi connectivity index (χ1n) is 3.69. The Hall–Kier alpha value is -0.700. The summed E-state index contributed by atoms with van der Waals surface area (Å²) in [5, 5.41) is 9.72. The van der Waals surface area contributed by atoms with Crippen molar-refractivity contribution in [3.05, 3.63) is 33.8 Å². The third-order valence-electron chi connectivity index (χ3n) is 1.49. The van der Waals surface area contributed by atoms with E-state index in [1.54, 1.807) is 24.3 Å². The van der Waals surface area contributed by atoms with Crippen LogP contribution < -0.4 is 5.73 Å². The summed E-state index contributed by atoms with van der Waals surface area (Å²) >= 11 is 11.4. The first-order chi connectivity index (χ1) is 6.15. The first-order valence-corrected chi connectivity index (χ1v) is 4.45. The summed E-state index contributed by atoms with van der Waals surface area (Å²) in [5.41, 5.74) is 6.10. The molecule has 4 heteroatoms. The fraction of sp³-hybridized carbons (Fsp3) is 0.111. The van der Waals surface area contributed by atoms with Gasteiger partial charge in [-0.1, -0.05) is 35.4 Å². The Morgan fingerprint density at radius 1 is 1.31 bits per heavy atom. The van der Waals surface area contributed by atoms with E-state index < -0.39 is 0 Å². The Kier molecular flexibility index (Phi) is 3.60. The van der Waals surface area contributed by atoms with Gasteiger partial charge >= 0.3 is 0 Å². The van der Waals surface area contributed by atoms with Crippen molar-refractivity contribution in [3.63, 3.8) is 0 Å². The van der Waals surface area contributed by atoms with Crippen LogP contribution in [0.25, 0.3) is 6.08 Å². The van der Waals surface area contributed by atoms with Crippen LogP contribution in [0.2, 0.25) is 10.0 Å². The number of hydrogen-bond donors (Lipinski definition) is 2. The molecule has 0 aliphatic heterocycles. The molecule has 0 fully saturated rings. The summed E-state index contributed by atoms with van der Waals surface area (Å²) < 4.78 is 0. The van der Waals surface area contributed by atoms with E-state index >= 15 is 0 Å². The Morgan fingerprint density at radius 2 is 1.85 bits per heavy atom. The molecule has 0 unspecified atom stereocenters. The highest BCUT2D eigenvalue weighted by Crippen LogP contribution is 2.32. The van der Waals surface area contributed by atoms with Crippen molar-refractivity contribution < 1.29 is 5.11 Å². The Labute approximate surface area is 86.6 Å². The van der Waals surface area contributed by atoms with Crippen LogP contribution in [0.3, 0.4) is 0 Å². The third-order valence-corrected chi connectivity index (χ3v) is 2.06. The predicted octanol–water partition coefficient (Wildman–Crippen LogP) is 2.67. The van der Waals surface area contributed by atoms with Crippen molar-refractivity contribution >= 4 is 29.3 Å². The number of hydrogen-bond acceptors (Lipinski definition) is 2. The molecule has 0 aromatic heterocycles. The highest BCUT2D eigenvalue weighted by Gasteiger charge is 2.04. The van der Waals surface area contributed by atoms with Crippen molar-refractivity contribution in [3.8, 4) is 5.75 Å². The fourth-order valence-electron chi connectivity index (χ4n) is 0.885. The van der Waals surface area contributed by atoms with Crippen LogP contribution >= 0.6 is 23.2 Å². The Bertz CT molecular complexity index is 313. The lowest BCUT2D eigenvalue weighted by molar-refractivity contribution is 0.476. The van der Waals surface area contributed by atoms with E-state index in [1.165, 1.54) is 0 Å². The predicted molar refractivity (Wildman–Crippen MR) is 56.2 cm³/mol. The molecule has 0 bridgehead atoms. The average Bonchev–Trinajstić information content (AvgIpc) is 2.10. The molecule has 70 valence electrons. The average molecular weight is 218 g/mol. The monoisotopic (exact) mass is 217 g/mol. The van der Waals surface area contributed by atoms with Gasteiger partial charge in [0.15, 0.2) is 5.75 Å². The minimum atomic E-state index is -0.0896. The number of halogens is 2. The summed E-state index contributed by atoms with van der Waals surface area (Å²) in [6.07, 6.45) is 3.57. The van der Waals surface area contributed by atoms with Gasteiger partial charge < -0.3 is 10.8 Å². The van der Waals surface area contributed by atoms with Gasteiger partial charge in [0.25, 0.3) is 0 Å². The second kappa shape index (κ2) is 4.51. The minimum absolute atomic E-state index is 0.0896. The van der Waals surface area contributed by atoms with E-state index in [-0.39, 0.29) is 15.8 Å². The van der Waals surface area contributed by atoms with E-state index in [4.69, 9.17) is 28.9 Å². The number of phenolic OH excluding ortho intramolecular Hbond substituents is 1. The highest BCUT2D eigenvalue weighted by molar-refractivity contribution is 6.37. The molecule has 0 atom stereocenters. The zero-order valence-corrected chi connectivity index (χ0v) is 8.31. The molecule has 0 heterocycles. The quantitative estimate of drug-likeness (QED) is 0.801. The molecule has 0 aliphatic carbocycles. The molecule has 0 radical (unpaired) electrons. The van der Waals surface area contributed by atoms with Crippen molar-refractivity contribution in [1.29, 1.82) is 0 Å².